The molecule has 2 unspecified atom stereocenters. The summed E-state index contributed by atoms with van der Waals surface area (Å²) in [4.78, 5) is 16.1. The van der Waals surface area contributed by atoms with E-state index < -0.39 is 0 Å². The third kappa shape index (κ3) is 3.91. The Bertz CT molecular complexity index is 290. The maximum Gasteiger partial charge on any atom is 0.248 e. The lowest BCUT2D eigenvalue weighted by atomic mass is 10.1. The Labute approximate surface area is 115 Å². The van der Waals surface area contributed by atoms with Crippen molar-refractivity contribution in [2.45, 2.75) is 44.8 Å². The summed E-state index contributed by atoms with van der Waals surface area (Å²) in [5, 5.41) is 9.92. The molecule has 2 fully saturated rings. The van der Waals surface area contributed by atoms with Crippen molar-refractivity contribution in [3.8, 4) is 0 Å². The lowest BCUT2D eigenvalue weighted by Crippen LogP contribution is -2.54. The Hall–Kier alpha value is -0.650. The zero-order chi connectivity index (χ0) is 13.7. The fourth-order valence-corrected chi connectivity index (χ4v) is 3.04. The fraction of sp³-hybridized carbons (Fsp3) is 0.929. The van der Waals surface area contributed by atoms with Gasteiger partial charge in [0.25, 0.3) is 0 Å². The molecule has 2 aliphatic rings. The molecule has 5 nitrogen and oxygen atoms in total. The van der Waals surface area contributed by atoms with Crippen molar-refractivity contribution in [1.82, 2.24) is 9.80 Å². The number of hydrogen-bond donors (Lipinski definition) is 1. The maximum atomic E-state index is 11.9. The van der Waals surface area contributed by atoms with Crippen LogP contribution in [0.15, 0.2) is 0 Å². The predicted molar refractivity (Wildman–Crippen MR) is 72.9 cm³/mol. The Morgan fingerprint density at radius 3 is 2.58 bits per heavy atom. The summed E-state index contributed by atoms with van der Waals surface area (Å²) < 4.78 is 5.30. The molecule has 1 N–H and O–H groups in total. The number of piperazine rings is 1. The Morgan fingerprint density at radius 2 is 2.00 bits per heavy atom. The topological polar surface area (TPSA) is 53.0 Å². The fourth-order valence-electron chi connectivity index (χ4n) is 3.04. The van der Waals surface area contributed by atoms with E-state index >= 15 is 0 Å². The first-order chi connectivity index (χ1) is 9.22. The number of nitrogens with zero attached hydrogens (tertiary/aromatic N) is 2. The molecule has 1 amide bonds. The molecule has 1 heterocycles. The van der Waals surface area contributed by atoms with Crippen molar-refractivity contribution in [2.75, 3.05) is 39.4 Å². The van der Waals surface area contributed by atoms with Crippen molar-refractivity contribution in [1.29, 1.82) is 0 Å². The third-order valence-electron chi connectivity index (χ3n) is 4.15. The second-order valence-corrected chi connectivity index (χ2v) is 5.53. The van der Waals surface area contributed by atoms with Crippen molar-refractivity contribution >= 4 is 5.91 Å². The van der Waals surface area contributed by atoms with Crippen molar-refractivity contribution in [3.63, 3.8) is 0 Å². The highest BCUT2D eigenvalue weighted by Crippen LogP contribution is 2.25. The molecule has 0 bridgehead atoms. The smallest absolute Gasteiger partial charge is 0.248 e. The first-order valence-electron chi connectivity index (χ1n) is 7.50. The van der Waals surface area contributed by atoms with Crippen LogP contribution in [0.25, 0.3) is 0 Å². The van der Waals surface area contributed by atoms with Gasteiger partial charge in [0.2, 0.25) is 5.91 Å². The van der Waals surface area contributed by atoms with E-state index in [1.165, 1.54) is 0 Å². The highest BCUT2D eigenvalue weighted by Gasteiger charge is 2.33. The SMILES string of the molecule is CCCOCC(=O)N1CCN(C2CCCC2O)CC1. The molecular formula is C14H26N2O3. The Morgan fingerprint density at radius 1 is 1.26 bits per heavy atom. The summed E-state index contributed by atoms with van der Waals surface area (Å²) in [6.07, 6.45) is 3.91. The van der Waals surface area contributed by atoms with Crippen LogP contribution in [0.1, 0.15) is 32.6 Å². The number of carbonyl (C=O) groups is 1. The van der Waals surface area contributed by atoms with Crippen LogP contribution in [0, 0.1) is 0 Å². The van der Waals surface area contributed by atoms with E-state index in [1.807, 2.05) is 11.8 Å². The predicted octanol–water partition coefficient (Wildman–Crippen LogP) is 0.471. The second-order valence-electron chi connectivity index (χ2n) is 5.53. The summed E-state index contributed by atoms with van der Waals surface area (Å²) in [7, 11) is 0. The van der Waals surface area contributed by atoms with Gasteiger partial charge in [0, 0.05) is 38.8 Å². The second kappa shape index (κ2) is 7.22. The van der Waals surface area contributed by atoms with E-state index in [-0.39, 0.29) is 18.6 Å². The first kappa shape index (κ1) is 14.8. The average Bonchev–Trinajstić information content (AvgIpc) is 2.85. The lowest BCUT2D eigenvalue weighted by Gasteiger charge is -2.39. The summed E-state index contributed by atoms with van der Waals surface area (Å²) in [6.45, 7) is 6.17. The van der Waals surface area contributed by atoms with Gasteiger partial charge in [-0.1, -0.05) is 6.92 Å². The van der Waals surface area contributed by atoms with Gasteiger partial charge in [0.05, 0.1) is 6.10 Å². The van der Waals surface area contributed by atoms with E-state index in [0.717, 1.165) is 51.9 Å². The van der Waals surface area contributed by atoms with Crippen molar-refractivity contribution in [3.05, 3.63) is 0 Å². The Kier molecular flexibility index (Phi) is 5.60. The van der Waals surface area contributed by atoms with Gasteiger partial charge in [0.15, 0.2) is 0 Å². The van der Waals surface area contributed by atoms with Crippen molar-refractivity contribution < 1.29 is 14.6 Å². The minimum absolute atomic E-state index is 0.0973. The van der Waals surface area contributed by atoms with Crippen LogP contribution >= 0.6 is 0 Å². The molecule has 5 heteroatoms. The van der Waals surface area contributed by atoms with Gasteiger partial charge in [-0.2, -0.15) is 0 Å². The monoisotopic (exact) mass is 270 g/mol. The summed E-state index contributed by atoms with van der Waals surface area (Å²) in [5.41, 5.74) is 0. The largest absolute Gasteiger partial charge is 0.391 e. The average molecular weight is 270 g/mol. The Balaban J connectivity index is 1.71. The summed E-state index contributed by atoms with van der Waals surface area (Å²) >= 11 is 0. The minimum Gasteiger partial charge on any atom is -0.391 e. The van der Waals surface area contributed by atoms with Crippen LogP contribution in [0.3, 0.4) is 0 Å². The summed E-state index contributed by atoms with van der Waals surface area (Å²) in [6, 6.07) is 0.314. The van der Waals surface area contributed by atoms with Crippen LogP contribution in [0.2, 0.25) is 0 Å². The zero-order valence-electron chi connectivity index (χ0n) is 11.9. The molecule has 0 aromatic rings. The molecule has 1 saturated carbocycles. The normalized spacial score (nSPS) is 28.8. The minimum atomic E-state index is -0.171. The molecule has 0 spiro atoms. The van der Waals surface area contributed by atoms with Gasteiger partial charge < -0.3 is 14.7 Å². The van der Waals surface area contributed by atoms with E-state index in [0.29, 0.717) is 12.6 Å². The molecule has 110 valence electrons. The van der Waals surface area contributed by atoms with Crippen LogP contribution in [0.5, 0.6) is 0 Å². The molecule has 0 radical (unpaired) electrons. The molecule has 1 aliphatic heterocycles. The van der Waals surface area contributed by atoms with Gasteiger partial charge in [-0.25, -0.2) is 0 Å². The number of aliphatic hydroxyl groups excluding tert-OH is 1. The molecule has 1 saturated heterocycles. The standard InChI is InChI=1S/C14H26N2O3/c1-2-10-19-11-14(18)16-8-6-15(7-9-16)12-4-3-5-13(12)17/h12-13,17H,2-11H2,1H3. The number of hydrogen-bond acceptors (Lipinski definition) is 4. The third-order valence-corrected chi connectivity index (χ3v) is 4.15. The van der Waals surface area contributed by atoms with E-state index in [4.69, 9.17) is 4.74 Å². The number of carbonyl (C=O) groups excluding carboxylic acids is 1. The molecule has 1 aliphatic carbocycles. The van der Waals surface area contributed by atoms with E-state index in [9.17, 15) is 9.90 Å². The number of ether oxygens (including phenoxy) is 1. The first-order valence-corrected chi connectivity index (χ1v) is 7.50. The van der Waals surface area contributed by atoms with Crippen LogP contribution in [-0.2, 0) is 9.53 Å². The molecule has 2 rings (SSSR count). The molecule has 0 aromatic heterocycles. The number of amides is 1. The van der Waals surface area contributed by atoms with Crippen LogP contribution in [0.4, 0.5) is 0 Å². The lowest BCUT2D eigenvalue weighted by molar-refractivity contribution is -0.138. The molecular weight excluding hydrogens is 244 g/mol. The van der Waals surface area contributed by atoms with Gasteiger partial charge in [-0.05, 0) is 25.7 Å². The van der Waals surface area contributed by atoms with Crippen LogP contribution in [-0.4, -0.2) is 72.4 Å². The zero-order valence-corrected chi connectivity index (χ0v) is 11.9. The summed E-state index contributed by atoms with van der Waals surface area (Å²) in [5.74, 6) is 0.0973. The highest BCUT2D eigenvalue weighted by atomic mass is 16.5. The number of aliphatic hydroxyl groups is 1. The van der Waals surface area contributed by atoms with E-state index in [1.54, 1.807) is 0 Å². The van der Waals surface area contributed by atoms with Gasteiger partial charge in [-0.3, -0.25) is 9.69 Å². The van der Waals surface area contributed by atoms with Crippen LogP contribution < -0.4 is 0 Å². The van der Waals surface area contributed by atoms with E-state index in [2.05, 4.69) is 4.90 Å². The molecule has 2 atom stereocenters. The molecule has 19 heavy (non-hydrogen) atoms. The number of rotatable bonds is 5. The van der Waals surface area contributed by atoms with Gasteiger partial charge in [-0.15, -0.1) is 0 Å². The van der Waals surface area contributed by atoms with Gasteiger partial charge >= 0.3 is 0 Å². The quantitative estimate of drug-likeness (QED) is 0.738. The van der Waals surface area contributed by atoms with Gasteiger partial charge in [0.1, 0.15) is 6.61 Å². The molecule has 0 aromatic carbocycles. The highest BCUT2D eigenvalue weighted by molar-refractivity contribution is 5.77. The maximum absolute atomic E-state index is 11.9. The van der Waals surface area contributed by atoms with Crippen molar-refractivity contribution in [2.24, 2.45) is 0 Å².